The summed E-state index contributed by atoms with van der Waals surface area (Å²) in [6, 6.07) is 9.72. The van der Waals surface area contributed by atoms with Crippen molar-refractivity contribution >= 4 is 23.2 Å². The van der Waals surface area contributed by atoms with E-state index in [0.717, 1.165) is 17.7 Å². The van der Waals surface area contributed by atoms with Crippen LogP contribution in [0.15, 0.2) is 42.5 Å². The molecule has 2 aromatic carbocycles. The zero-order chi connectivity index (χ0) is 21.1. The number of methoxy groups -OCH3 is 1. The van der Waals surface area contributed by atoms with E-state index in [4.69, 9.17) is 4.74 Å². The van der Waals surface area contributed by atoms with Crippen LogP contribution in [0.5, 0.6) is 5.75 Å². The number of hydrogen-bond acceptors (Lipinski definition) is 3. The van der Waals surface area contributed by atoms with Gasteiger partial charge in [0.25, 0.3) is 0 Å². The van der Waals surface area contributed by atoms with Crippen LogP contribution in [0, 0.1) is 12.3 Å². The standard InChI is InChI=1S/C20H21F3N2O3/c1-12-9-10-16(28-4)15(11-12)25-18(27)19(2,3)17(26)24-14-8-6-5-7-13(14)20(21,22)23/h5-11H,1-4H3,(H,24,26)(H,25,27). The van der Waals surface area contributed by atoms with Gasteiger partial charge >= 0.3 is 6.18 Å². The number of para-hydroxylation sites is 1. The number of anilines is 2. The zero-order valence-electron chi connectivity index (χ0n) is 15.9. The molecule has 0 saturated heterocycles. The fourth-order valence-electron chi connectivity index (χ4n) is 2.42. The molecule has 0 aliphatic carbocycles. The van der Waals surface area contributed by atoms with E-state index in [0.29, 0.717) is 11.4 Å². The summed E-state index contributed by atoms with van der Waals surface area (Å²) in [5, 5.41) is 4.82. The van der Waals surface area contributed by atoms with Crippen molar-refractivity contribution in [3.8, 4) is 5.75 Å². The summed E-state index contributed by atoms with van der Waals surface area (Å²) in [4.78, 5) is 25.3. The first-order valence-electron chi connectivity index (χ1n) is 8.40. The number of hydrogen-bond donors (Lipinski definition) is 2. The Morgan fingerprint density at radius 2 is 1.50 bits per heavy atom. The van der Waals surface area contributed by atoms with E-state index in [-0.39, 0.29) is 0 Å². The van der Waals surface area contributed by atoms with Crippen LogP contribution in [0.4, 0.5) is 24.5 Å². The number of alkyl halides is 3. The Balaban J connectivity index is 2.24. The zero-order valence-corrected chi connectivity index (χ0v) is 15.9. The van der Waals surface area contributed by atoms with Crippen LogP contribution in [0.2, 0.25) is 0 Å². The summed E-state index contributed by atoms with van der Waals surface area (Å²) >= 11 is 0. The van der Waals surface area contributed by atoms with Gasteiger partial charge in [0.1, 0.15) is 11.2 Å². The van der Waals surface area contributed by atoms with Gasteiger partial charge in [0.2, 0.25) is 11.8 Å². The minimum atomic E-state index is -4.63. The first-order valence-corrected chi connectivity index (χ1v) is 8.40. The Hall–Kier alpha value is -3.03. The smallest absolute Gasteiger partial charge is 0.418 e. The van der Waals surface area contributed by atoms with Gasteiger partial charge in [-0.2, -0.15) is 13.2 Å². The fourth-order valence-corrected chi connectivity index (χ4v) is 2.42. The average molecular weight is 394 g/mol. The highest BCUT2D eigenvalue weighted by Gasteiger charge is 2.39. The molecule has 8 heteroatoms. The minimum absolute atomic E-state index is 0.365. The van der Waals surface area contributed by atoms with Crippen LogP contribution in [0.25, 0.3) is 0 Å². The van der Waals surface area contributed by atoms with Crippen molar-refractivity contribution in [1.82, 2.24) is 0 Å². The molecule has 0 bridgehead atoms. The van der Waals surface area contributed by atoms with Crippen LogP contribution in [-0.2, 0) is 15.8 Å². The number of rotatable bonds is 5. The summed E-state index contributed by atoms with van der Waals surface area (Å²) < 4.78 is 44.5. The molecule has 0 fully saturated rings. The molecule has 0 aliphatic rings. The normalized spacial score (nSPS) is 11.7. The van der Waals surface area contributed by atoms with Crippen LogP contribution in [0.3, 0.4) is 0 Å². The molecule has 5 nitrogen and oxygen atoms in total. The summed E-state index contributed by atoms with van der Waals surface area (Å²) in [6.45, 7) is 4.48. The van der Waals surface area contributed by atoms with Gasteiger partial charge in [-0.3, -0.25) is 9.59 Å². The van der Waals surface area contributed by atoms with E-state index in [1.165, 1.54) is 33.1 Å². The molecule has 2 rings (SSSR count). The van der Waals surface area contributed by atoms with Gasteiger partial charge in [-0.15, -0.1) is 0 Å². The van der Waals surface area contributed by atoms with Gasteiger partial charge in [-0.05, 0) is 50.6 Å². The second-order valence-corrected chi connectivity index (χ2v) is 6.78. The first kappa shape index (κ1) is 21.3. The molecule has 0 atom stereocenters. The van der Waals surface area contributed by atoms with Crippen LogP contribution < -0.4 is 15.4 Å². The van der Waals surface area contributed by atoms with E-state index < -0.39 is 34.7 Å². The first-order chi connectivity index (χ1) is 13.0. The number of benzene rings is 2. The number of amides is 2. The Labute approximate surface area is 160 Å². The monoisotopic (exact) mass is 394 g/mol. The quantitative estimate of drug-likeness (QED) is 0.727. The molecule has 150 valence electrons. The lowest BCUT2D eigenvalue weighted by molar-refractivity contribution is -0.137. The van der Waals surface area contributed by atoms with Gasteiger partial charge in [0.15, 0.2) is 0 Å². The van der Waals surface area contributed by atoms with E-state index in [2.05, 4.69) is 10.6 Å². The molecule has 0 aromatic heterocycles. The third-order valence-electron chi connectivity index (χ3n) is 4.22. The van der Waals surface area contributed by atoms with E-state index in [1.54, 1.807) is 18.2 Å². The molecule has 0 radical (unpaired) electrons. The molecule has 2 aromatic rings. The van der Waals surface area contributed by atoms with E-state index in [1.807, 2.05) is 6.92 Å². The predicted molar refractivity (Wildman–Crippen MR) is 100 cm³/mol. The molecule has 0 unspecified atom stereocenters. The van der Waals surface area contributed by atoms with Gasteiger partial charge in [0, 0.05) is 0 Å². The summed E-state index contributed by atoms with van der Waals surface area (Å²) in [6.07, 6.45) is -4.63. The number of carbonyl (C=O) groups excluding carboxylic acids is 2. The predicted octanol–water partition coefficient (Wildman–Crippen LogP) is 4.63. The highest BCUT2D eigenvalue weighted by molar-refractivity contribution is 6.14. The Morgan fingerprint density at radius 1 is 0.929 bits per heavy atom. The number of aryl methyl sites for hydroxylation is 1. The second-order valence-electron chi connectivity index (χ2n) is 6.78. The highest BCUT2D eigenvalue weighted by Crippen LogP contribution is 2.35. The van der Waals surface area contributed by atoms with Crippen LogP contribution in [0.1, 0.15) is 25.0 Å². The van der Waals surface area contributed by atoms with Crippen molar-refractivity contribution < 1.29 is 27.5 Å². The lowest BCUT2D eigenvalue weighted by atomic mass is 9.90. The third-order valence-corrected chi connectivity index (χ3v) is 4.22. The molecule has 2 amide bonds. The fraction of sp³-hybridized carbons (Fsp3) is 0.300. The summed E-state index contributed by atoms with van der Waals surface area (Å²) in [5.41, 5.74) is -1.82. The third kappa shape index (κ3) is 4.62. The van der Waals surface area contributed by atoms with Gasteiger partial charge in [-0.25, -0.2) is 0 Å². The second kappa shape index (κ2) is 7.92. The summed E-state index contributed by atoms with van der Waals surface area (Å²) in [7, 11) is 1.44. The Morgan fingerprint density at radius 3 is 2.07 bits per heavy atom. The number of carbonyl (C=O) groups is 2. The number of halogens is 3. The maximum absolute atomic E-state index is 13.1. The highest BCUT2D eigenvalue weighted by atomic mass is 19.4. The Bertz CT molecular complexity index is 893. The largest absolute Gasteiger partial charge is 0.495 e. The molecular weight excluding hydrogens is 373 g/mol. The van der Waals surface area contributed by atoms with Gasteiger partial charge in [0.05, 0.1) is 24.0 Å². The van der Waals surface area contributed by atoms with Crippen molar-refractivity contribution in [3.63, 3.8) is 0 Å². The van der Waals surface area contributed by atoms with Crippen molar-refractivity contribution in [2.24, 2.45) is 5.41 Å². The lowest BCUT2D eigenvalue weighted by Gasteiger charge is -2.24. The number of ether oxygens (including phenoxy) is 1. The van der Waals surface area contributed by atoms with E-state index >= 15 is 0 Å². The average Bonchev–Trinajstić information content (AvgIpc) is 2.61. The maximum atomic E-state index is 13.1. The molecule has 0 spiro atoms. The summed E-state index contributed by atoms with van der Waals surface area (Å²) in [5.74, 6) is -1.15. The molecule has 2 N–H and O–H groups in total. The minimum Gasteiger partial charge on any atom is -0.495 e. The van der Waals surface area contributed by atoms with Crippen LogP contribution >= 0.6 is 0 Å². The molecule has 0 aliphatic heterocycles. The van der Waals surface area contributed by atoms with Crippen molar-refractivity contribution in [2.45, 2.75) is 26.9 Å². The van der Waals surface area contributed by atoms with Gasteiger partial charge in [-0.1, -0.05) is 18.2 Å². The van der Waals surface area contributed by atoms with Crippen LogP contribution in [-0.4, -0.2) is 18.9 Å². The molecule has 0 saturated carbocycles. The SMILES string of the molecule is COc1ccc(C)cc1NC(=O)C(C)(C)C(=O)Nc1ccccc1C(F)(F)F. The molecule has 0 heterocycles. The maximum Gasteiger partial charge on any atom is 0.418 e. The van der Waals surface area contributed by atoms with Crippen molar-refractivity contribution in [2.75, 3.05) is 17.7 Å². The topological polar surface area (TPSA) is 67.4 Å². The van der Waals surface area contributed by atoms with Crippen molar-refractivity contribution in [1.29, 1.82) is 0 Å². The molecule has 28 heavy (non-hydrogen) atoms. The van der Waals surface area contributed by atoms with Gasteiger partial charge < -0.3 is 15.4 Å². The number of nitrogens with one attached hydrogen (secondary N) is 2. The Kier molecular flexibility index (Phi) is 6.01. The van der Waals surface area contributed by atoms with E-state index in [9.17, 15) is 22.8 Å². The lowest BCUT2D eigenvalue weighted by Crippen LogP contribution is -2.42. The molecular formula is C20H21F3N2O3. The van der Waals surface area contributed by atoms with Crippen molar-refractivity contribution in [3.05, 3.63) is 53.6 Å².